The molecule has 3 aromatic rings. The zero-order chi connectivity index (χ0) is 21.0. The van der Waals surface area contributed by atoms with Crippen molar-refractivity contribution in [1.29, 1.82) is 0 Å². The summed E-state index contributed by atoms with van der Waals surface area (Å²) in [6, 6.07) is 12.9. The third-order valence-corrected chi connectivity index (χ3v) is 5.00. The smallest absolute Gasteiger partial charge is 0.413 e. The van der Waals surface area contributed by atoms with E-state index in [-0.39, 0.29) is 17.9 Å². The van der Waals surface area contributed by atoms with Gasteiger partial charge in [0.05, 0.1) is 29.0 Å². The summed E-state index contributed by atoms with van der Waals surface area (Å²) < 4.78 is 6.21. The number of hydrogen-bond donors (Lipinski definition) is 1. The number of carbonyl (C=O) groups excluding carboxylic acids is 2. The molecule has 3 rings (SSSR count). The van der Waals surface area contributed by atoms with E-state index in [1.54, 1.807) is 31.2 Å². The molecule has 0 unspecified atom stereocenters. The molecule has 7 nitrogen and oxygen atoms in total. The predicted octanol–water partition coefficient (Wildman–Crippen LogP) is 3.37. The van der Waals surface area contributed by atoms with Gasteiger partial charge in [0.2, 0.25) is 5.91 Å². The van der Waals surface area contributed by atoms with Crippen molar-refractivity contribution in [2.24, 2.45) is 0 Å². The molecular formula is C21H21N3O4S. The van der Waals surface area contributed by atoms with Crippen LogP contribution in [0.1, 0.15) is 18.1 Å². The summed E-state index contributed by atoms with van der Waals surface area (Å²) in [6.07, 6.45) is -0.795. The fourth-order valence-corrected chi connectivity index (χ4v) is 3.78. The molecule has 0 radical (unpaired) electrons. The molecule has 0 aliphatic heterocycles. The second-order valence-corrected chi connectivity index (χ2v) is 7.40. The summed E-state index contributed by atoms with van der Waals surface area (Å²) in [7, 11) is 0. The maximum Gasteiger partial charge on any atom is 0.413 e. The molecule has 150 valence electrons. The van der Waals surface area contributed by atoms with E-state index in [4.69, 9.17) is 4.74 Å². The number of aryl methyl sites for hydroxylation is 2. The number of imide groups is 1. The zero-order valence-electron chi connectivity index (χ0n) is 16.4. The Kier molecular flexibility index (Phi) is 6.33. The van der Waals surface area contributed by atoms with Crippen LogP contribution in [0.4, 0.5) is 4.79 Å². The van der Waals surface area contributed by atoms with Crippen molar-refractivity contribution < 1.29 is 14.3 Å². The molecule has 0 aliphatic rings. The van der Waals surface area contributed by atoms with E-state index in [1.165, 1.54) is 4.57 Å². The fourth-order valence-electron chi connectivity index (χ4n) is 2.96. The highest BCUT2D eigenvalue weighted by atomic mass is 32.2. The Hall–Kier alpha value is -3.13. The summed E-state index contributed by atoms with van der Waals surface area (Å²) in [5.41, 5.74) is 3.03. The maximum atomic E-state index is 13.2. The molecule has 29 heavy (non-hydrogen) atoms. The molecule has 0 aliphatic carbocycles. The van der Waals surface area contributed by atoms with Gasteiger partial charge < -0.3 is 4.74 Å². The Morgan fingerprint density at radius 3 is 2.52 bits per heavy atom. The highest BCUT2D eigenvalue weighted by Gasteiger charge is 2.16. The second-order valence-electron chi connectivity index (χ2n) is 6.46. The average molecular weight is 411 g/mol. The van der Waals surface area contributed by atoms with Crippen LogP contribution in [0.3, 0.4) is 0 Å². The first kappa shape index (κ1) is 20.6. The molecule has 0 saturated heterocycles. The van der Waals surface area contributed by atoms with Crippen LogP contribution in [-0.4, -0.2) is 33.9 Å². The van der Waals surface area contributed by atoms with Crippen LogP contribution >= 0.6 is 11.8 Å². The summed E-state index contributed by atoms with van der Waals surface area (Å²) in [4.78, 5) is 41.3. The molecule has 0 saturated carbocycles. The van der Waals surface area contributed by atoms with Crippen molar-refractivity contribution in [3.63, 3.8) is 0 Å². The summed E-state index contributed by atoms with van der Waals surface area (Å²) in [5, 5.41) is 3.01. The quantitative estimate of drug-likeness (QED) is 0.511. The van der Waals surface area contributed by atoms with E-state index in [1.807, 2.05) is 32.0 Å². The second kappa shape index (κ2) is 8.91. The van der Waals surface area contributed by atoms with Crippen LogP contribution in [0.15, 0.2) is 52.4 Å². The van der Waals surface area contributed by atoms with Crippen LogP contribution in [0.25, 0.3) is 16.6 Å². The van der Waals surface area contributed by atoms with Crippen molar-refractivity contribution in [2.75, 3.05) is 12.4 Å². The van der Waals surface area contributed by atoms with Crippen LogP contribution < -0.4 is 10.9 Å². The number of alkyl carbamates (subject to hydrolysis) is 1. The van der Waals surface area contributed by atoms with Gasteiger partial charge in [-0.05, 0) is 56.2 Å². The number of hydrogen-bond acceptors (Lipinski definition) is 6. The molecular weight excluding hydrogens is 390 g/mol. The molecule has 2 amide bonds. The van der Waals surface area contributed by atoms with Gasteiger partial charge in [0.25, 0.3) is 5.56 Å². The topological polar surface area (TPSA) is 90.3 Å². The number of thioether (sulfide) groups is 1. The largest absolute Gasteiger partial charge is 0.450 e. The van der Waals surface area contributed by atoms with Gasteiger partial charge in [-0.1, -0.05) is 30.0 Å². The lowest BCUT2D eigenvalue weighted by Crippen LogP contribution is -2.32. The third kappa shape index (κ3) is 4.83. The zero-order valence-corrected chi connectivity index (χ0v) is 17.2. The summed E-state index contributed by atoms with van der Waals surface area (Å²) in [6.45, 7) is 5.73. The van der Waals surface area contributed by atoms with E-state index >= 15 is 0 Å². The molecule has 0 atom stereocenters. The standard InChI is InChI=1S/C21H21N3O4S/c1-4-28-21(27)23-18(25)12-29-20-22-17-8-6-5-7-16(17)19(26)24(20)15-10-13(2)9-14(3)11-15/h5-11H,4,12H2,1-3H3,(H,23,25,27). The minimum atomic E-state index is -0.795. The average Bonchev–Trinajstić information content (AvgIpc) is 2.66. The van der Waals surface area contributed by atoms with Crippen LogP contribution in [0.5, 0.6) is 0 Å². The molecule has 0 spiro atoms. The molecule has 2 aromatic carbocycles. The van der Waals surface area contributed by atoms with Crippen molar-refractivity contribution >= 4 is 34.7 Å². The van der Waals surface area contributed by atoms with Gasteiger partial charge in [0.15, 0.2) is 5.16 Å². The lowest BCUT2D eigenvalue weighted by Gasteiger charge is -2.14. The number of nitrogens with one attached hydrogen (secondary N) is 1. The van der Waals surface area contributed by atoms with E-state index in [0.29, 0.717) is 21.7 Å². The number of aromatic nitrogens is 2. The first-order valence-corrected chi connectivity index (χ1v) is 10.1. The number of carbonyl (C=O) groups is 2. The van der Waals surface area contributed by atoms with E-state index in [2.05, 4.69) is 10.3 Å². The SMILES string of the molecule is CCOC(=O)NC(=O)CSc1nc2ccccc2c(=O)n1-c1cc(C)cc(C)c1. The Bertz CT molecular complexity index is 1120. The van der Waals surface area contributed by atoms with Gasteiger partial charge in [-0.15, -0.1) is 0 Å². The Morgan fingerprint density at radius 1 is 1.14 bits per heavy atom. The fraction of sp³-hybridized carbons (Fsp3) is 0.238. The number of fused-ring (bicyclic) bond motifs is 1. The van der Waals surface area contributed by atoms with Gasteiger partial charge in [-0.25, -0.2) is 9.78 Å². The van der Waals surface area contributed by atoms with Crippen molar-refractivity contribution in [1.82, 2.24) is 14.9 Å². The number of nitrogens with zero attached hydrogens (tertiary/aromatic N) is 2. The van der Waals surface area contributed by atoms with E-state index < -0.39 is 12.0 Å². The number of ether oxygens (including phenoxy) is 1. The monoisotopic (exact) mass is 411 g/mol. The number of para-hydroxylation sites is 1. The highest BCUT2D eigenvalue weighted by molar-refractivity contribution is 7.99. The van der Waals surface area contributed by atoms with Gasteiger partial charge in [-0.2, -0.15) is 0 Å². The van der Waals surface area contributed by atoms with Crippen molar-refractivity contribution in [3.8, 4) is 5.69 Å². The van der Waals surface area contributed by atoms with Crippen LogP contribution in [-0.2, 0) is 9.53 Å². The number of amides is 2. The predicted molar refractivity (Wildman–Crippen MR) is 113 cm³/mol. The molecule has 0 fully saturated rings. The maximum absolute atomic E-state index is 13.2. The van der Waals surface area contributed by atoms with Gasteiger partial charge in [-0.3, -0.25) is 19.5 Å². The third-order valence-electron chi connectivity index (χ3n) is 4.06. The summed E-state index contributed by atoms with van der Waals surface area (Å²) >= 11 is 1.08. The minimum Gasteiger partial charge on any atom is -0.450 e. The van der Waals surface area contributed by atoms with Crippen molar-refractivity contribution in [3.05, 3.63) is 63.9 Å². The highest BCUT2D eigenvalue weighted by Crippen LogP contribution is 2.22. The molecule has 0 bridgehead atoms. The summed E-state index contributed by atoms with van der Waals surface area (Å²) in [5.74, 6) is -0.614. The van der Waals surface area contributed by atoms with Gasteiger partial charge in [0, 0.05) is 0 Å². The number of rotatable bonds is 5. The number of benzene rings is 2. The molecule has 1 heterocycles. The molecule has 1 aromatic heterocycles. The van der Waals surface area contributed by atoms with E-state index in [0.717, 1.165) is 22.9 Å². The lowest BCUT2D eigenvalue weighted by atomic mass is 10.1. The van der Waals surface area contributed by atoms with Crippen LogP contribution in [0, 0.1) is 13.8 Å². The van der Waals surface area contributed by atoms with E-state index in [9.17, 15) is 14.4 Å². The normalized spacial score (nSPS) is 10.7. The first-order chi connectivity index (χ1) is 13.9. The first-order valence-electron chi connectivity index (χ1n) is 9.09. The molecule has 1 N–H and O–H groups in total. The Morgan fingerprint density at radius 2 is 1.83 bits per heavy atom. The van der Waals surface area contributed by atoms with Gasteiger partial charge >= 0.3 is 6.09 Å². The molecule has 8 heteroatoms. The lowest BCUT2D eigenvalue weighted by molar-refractivity contribution is -0.117. The van der Waals surface area contributed by atoms with Crippen LogP contribution in [0.2, 0.25) is 0 Å². The Balaban J connectivity index is 2.02. The minimum absolute atomic E-state index is 0.0889. The van der Waals surface area contributed by atoms with Crippen molar-refractivity contribution in [2.45, 2.75) is 25.9 Å². The Labute approximate surface area is 172 Å². The van der Waals surface area contributed by atoms with Gasteiger partial charge in [0.1, 0.15) is 0 Å².